The summed E-state index contributed by atoms with van der Waals surface area (Å²) in [5, 5.41) is 2.93. The number of benzene rings is 2. The van der Waals surface area contributed by atoms with E-state index in [2.05, 4.69) is 28.2 Å². The van der Waals surface area contributed by atoms with Gasteiger partial charge in [-0.05, 0) is 48.7 Å². The van der Waals surface area contributed by atoms with E-state index in [-0.39, 0.29) is 18.6 Å². The molecule has 1 unspecified atom stereocenters. The third kappa shape index (κ3) is 4.88. The van der Waals surface area contributed by atoms with Crippen LogP contribution in [-0.2, 0) is 11.2 Å². The van der Waals surface area contributed by atoms with Crippen LogP contribution in [0, 0.1) is 0 Å². The van der Waals surface area contributed by atoms with E-state index < -0.39 is 0 Å². The first-order valence-electron chi connectivity index (χ1n) is 7.35. The van der Waals surface area contributed by atoms with Crippen LogP contribution in [0.15, 0.2) is 53.0 Å². The van der Waals surface area contributed by atoms with Crippen molar-refractivity contribution in [1.82, 2.24) is 5.32 Å². The van der Waals surface area contributed by atoms with Crippen LogP contribution in [0.1, 0.15) is 31.0 Å². The Morgan fingerprint density at radius 3 is 2.36 bits per heavy atom. The minimum absolute atomic E-state index is 0.0202. The molecule has 0 saturated carbocycles. The Morgan fingerprint density at radius 1 is 1.14 bits per heavy atom. The van der Waals surface area contributed by atoms with Crippen molar-refractivity contribution in [3.63, 3.8) is 0 Å². The Bertz CT molecular complexity index is 608. The van der Waals surface area contributed by atoms with Crippen molar-refractivity contribution in [2.75, 3.05) is 6.61 Å². The molecule has 3 nitrogen and oxygen atoms in total. The van der Waals surface area contributed by atoms with Gasteiger partial charge in [0.05, 0.1) is 6.04 Å². The predicted octanol–water partition coefficient (Wildman–Crippen LogP) is 4.27. The monoisotopic (exact) mass is 361 g/mol. The third-order valence-corrected chi connectivity index (χ3v) is 3.98. The molecule has 0 aromatic heterocycles. The molecule has 2 aromatic rings. The van der Waals surface area contributed by atoms with Gasteiger partial charge in [0.25, 0.3) is 5.91 Å². The second-order valence-corrected chi connectivity index (χ2v) is 6.04. The number of ether oxygens (including phenoxy) is 1. The van der Waals surface area contributed by atoms with Gasteiger partial charge in [0.2, 0.25) is 0 Å². The first kappa shape index (κ1) is 16.6. The number of hydrogen-bond acceptors (Lipinski definition) is 2. The van der Waals surface area contributed by atoms with Crippen molar-refractivity contribution >= 4 is 21.8 Å². The van der Waals surface area contributed by atoms with Crippen molar-refractivity contribution in [2.24, 2.45) is 0 Å². The van der Waals surface area contributed by atoms with Crippen molar-refractivity contribution in [3.8, 4) is 5.75 Å². The van der Waals surface area contributed by atoms with E-state index in [9.17, 15) is 4.79 Å². The van der Waals surface area contributed by atoms with Crippen LogP contribution in [0.5, 0.6) is 5.75 Å². The van der Waals surface area contributed by atoms with E-state index in [1.165, 1.54) is 5.56 Å². The maximum absolute atomic E-state index is 11.9. The summed E-state index contributed by atoms with van der Waals surface area (Å²) in [6.45, 7) is 4.08. The summed E-state index contributed by atoms with van der Waals surface area (Å²) in [6.07, 6.45) is 0.992. The summed E-state index contributed by atoms with van der Waals surface area (Å²) in [6, 6.07) is 15.7. The molecule has 116 valence electrons. The summed E-state index contributed by atoms with van der Waals surface area (Å²) in [7, 11) is 0. The molecule has 0 radical (unpaired) electrons. The minimum Gasteiger partial charge on any atom is -0.484 e. The minimum atomic E-state index is -0.130. The molecule has 0 fully saturated rings. The van der Waals surface area contributed by atoms with Crippen LogP contribution < -0.4 is 10.1 Å². The number of rotatable bonds is 6. The summed E-state index contributed by atoms with van der Waals surface area (Å²) in [4.78, 5) is 11.9. The number of nitrogens with one attached hydrogen (secondary N) is 1. The van der Waals surface area contributed by atoms with Gasteiger partial charge in [-0.25, -0.2) is 0 Å². The molecule has 0 saturated heterocycles. The highest BCUT2D eigenvalue weighted by atomic mass is 79.9. The Kier molecular flexibility index (Phi) is 6.01. The molecular weight excluding hydrogens is 342 g/mol. The van der Waals surface area contributed by atoms with E-state index in [4.69, 9.17) is 4.74 Å². The Labute approximate surface area is 139 Å². The number of carbonyl (C=O) groups excluding carboxylic acids is 1. The predicted molar refractivity (Wildman–Crippen MR) is 92.0 cm³/mol. The first-order chi connectivity index (χ1) is 10.6. The maximum Gasteiger partial charge on any atom is 0.258 e. The molecule has 2 rings (SSSR count). The standard InChI is InChI=1S/C18H20BrNO2/c1-3-14-4-10-17(11-5-14)22-12-18(21)20-13(2)15-6-8-16(19)9-7-15/h4-11,13H,3,12H2,1-2H3,(H,20,21). The summed E-state index contributed by atoms with van der Waals surface area (Å²) in [5.41, 5.74) is 2.31. The van der Waals surface area contributed by atoms with Crippen LogP contribution in [0.3, 0.4) is 0 Å². The van der Waals surface area contributed by atoms with E-state index in [0.29, 0.717) is 5.75 Å². The lowest BCUT2D eigenvalue weighted by Crippen LogP contribution is -2.31. The van der Waals surface area contributed by atoms with Gasteiger partial charge in [0.1, 0.15) is 5.75 Å². The highest BCUT2D eigenvalue weighted by molar-refractivity contribution is 9.10. The Balaban J connectivity index is 1.83. The van der Waals surface area contributed by atoms with Gasteiger partial charge in [-0.2, -0.15) is 0 Å². The highest BCUT2D eigenvalue weighted by Crippen LogP contribution is 2.16. The molecule has 0 heterocycles. The summed E-state index contributed by atoms with van der Waals surface area (Å²) < 4.78 is 6.53. The fourth-order valence-corrected chi connectivity index (χ4v) is 2.35. The quantitative estimate of drug-likeness (QED) is 0.834. The molecule has 0 bridgehead atoms. The zero-order valence-corrected chi connectivity index (χ0v) is 14.4. The zero-order chi connectivity index (χ0) is 15.9. The van der Waals surface area contributed by atoms with Crippen molar-refractivity contribution in [3.05, 3.63) is 64.1 Å². The highest BCUT2D eigenvalue weighted by Gasteiger charge is 2.10. The second-order valence-electron chi connectivity index (χ2n) is 5.13. The lowest BCUT2D eigenvalue weighted by Gasteiger charge is -2.15. The van der Waals surface area contributed by atoms with Gasteiger partial charge < -0.3 is 10.1 Å². The van der Waals surface area contributed by atoms with E-state index >= 15 is 0 Å². The Hall–Kier alpha value is -1.81. The van der Waals surface area contributed by atoms with E-state index in [1.807, 2.05) is 55.5 Å². The maximum atomic E-state index is 11.9. The van der Waals surface area contributed by atoms with Crippen LogP contribution >= 0.6 is 15.9 Å². The normalized spacial score (nSPS) is 11.8. The molecule has 0 aliphatic rings. The fourth-order valence-electron chi connectivity index (χ4n) is 2.09. The lowest BCUT2D eigenvalue weighted by atomic mass is 10.1. The second kappa shape index (κ2) is 7.99. The fraction of sp³-hybridized carbons (Fsp3) is 0.278. The molecule has 0 spiro atoms. The van der Waals surface area contributed by atoms with Crippen LogP contribution in [-0.4, -0.2) is 12.5 Å². The topological polar surface area (TPSA) is 38.3 Å². The Morgan fingerprint density at radius 2 is 1.77 bits per heavy atom. The summed E-state index contributed by atoms with van der Waals surface area (Å²) in [5.74, 6) is 0.582. The average molecular weight is 362 g/mol. The third-order valence-electron chi connectivity index (χ3n) is 3.45. The van der Waals surface area contributed by atoms with Crippen LogP contribution in [0.2, 0.25) is 0 Å². The smallest absolute Gasteiger partial charge is 0.258 e. The largest absolute Gasteiger partial charge is 0.484 e. The molecule has 4 heteroatoms. The van der Waals surface area contributed by atoms with Crippen molar-refractivity contribution in [2.45, 2.75) is 26.3 Å². The van der Waals surface area contributed by atoms with E-state index in [1.54, 1.807) is 0 Å². The molecule has 0 aliphatic carbocycles. The number of aryl methyl sites for hydroxylation is 1. The molecule has 2 aromatic carbocycles. The van der Waals surface area contributed by atoms with Gasteiger partial charge in [-0.1, -0.05) is 47.1 Å². The van der Waals surface area contributed by atoms with Gasteiger partial charge >= 0.3 is 0 Å². The molecule has 1 amide bonds. The van der Waals surface area contributed by atoms with Crippen LogP contribution in [0.25, 0.3) is 0 Å². The van der Waals surface area contributed by atoms with Gasteiger partial charge in [0.15, 0.2) is 6.61 Å². The number of amides is 1. The number of carbonyl (C=O) groups is 1. The summed E-state index contributed by atoms with van der Waals surface area (Å²) >= 11 is 3.40. The lowest BCUT2D eigenvalue weighted by molar-refractivity contribution is -0.123. The van der Waals surface area contributed by atoms with Gasteiger partial charge in [-0.3, -0.25) is 4.79 Å². The van der Waals surface area contributed by atoms with Gasteiger partial charge in [-0.15, -0.1) is 0 Å². The zero-order valence-electron chi connectivity index (χ0n) is 12.8. The van der Waals surface area contributed by atoms with E-state index in [0.717, 1.165) is 16.5 Å². The molecular formula is C18H20BrNO2. The number of halogens is 1. The molecule has 22 heavy (non-hydrogen) atoms. The SMILES string of the molecule is CCc1ccc(OCC(=O)NC(C)c2ccc(Br)cc2)cc1. The van der Waals surface area contributed by atoms with Gasteiger partial charge in [0, 0.05) is 4.47 Å². The van der Waals surface area contributed by atoms with Crippen molar-refractivity contribution in [1.29, 1.82) is 0 Å². The molecule has 1 N–H and O–H groups in total. The number of hydrogen-bond donors (Lipinski definition) is 1. The molecule has 1 atom stereocenters. The first-order valence-corrected chi connectivity index (χ1v) is 8.14. The molecule has 0 aliphatic heterocycles. The van der Waals surface area contributed by atoms with Crippen LogP contribution in [0.4, 0.5) is 0 Å². The van der Waals surface area contributed by atoms with Crippen molar-refractivity contribution < 1.29 is 9.53 Å². The average Bonchev–Trinajstić information content (AvgIpc) is 2.54.